The van der Waals surface area contributed by atoms with E-state index in [-0.39, 0.29) is 17.8 Å². The van der Waals surface area contributed by atoms with Gasteiger partial charge in [0.2, 0.25) is 5.91 Å². The van der Waals surface area contributed by atoms with Gasteiger partial charge in [0.05, 0.1) is 17.3 Å². The van der Waals surface area contributed by atoms with Gasteiger partial charge in [-0.2, -0.15) is 5.10 Å². The summed E-state index contributed by atoms with van der Waals surface area (Å²) in [6, 6.07) is 9.16. The Bertz CT molecular complexity index is 960. The average molecular weight is 421 g/mol. The van der Waals surface area contributed by atoms with Gasteiger partial charge in [-0.1, -0.05) is 30.7 Å². The monoisotopic (exact) mass is 420 g/mol. The normalized spacial score (nSPS) is 10.3. The highest BCUT2D eigenvalue weighted by molar-refractivity contribution is 6.33. The van der Waals surface area contributed by atoms with E-state index in [0.717, 1.165) is 9.58 Å². The van der Waals surface area contributed by atoms with Crippen LogP contribution in [0.5, 0.6) is 0 Å². The SMILES string of the molecule is CCCn1nc(C(=O)OCC(=O)N(C)CC(=O)Nc2ccccc2Cl)ccc1=O. The fraction of sp³-hybridized carbons (Fsp3) is 0.316. The van der Waals surface area contributed by atoms with E-state index < -0.39 is 24.4 Å². The Balaban J connectivity index is 1.87. The molecule has 0 atom stereocenters. The number of aryl methyl sites for hydroxylation is 1. The smallest absolute Gasteiger partial charge is 0.359 e. The molecule has 154 valence electrons. The molecule has 1 aromatic carbocycles. The molecular weight excluding hydrogens is 400 g/mol. The molecule has 2 rings (SSSR count). The van der Waals surface area contributed by atoms with Gasteiger partial charge in [-0.15, -0.1) is 0 Å². The summed E-state index contributed by atoms with van der Waals surface area (Å²) in [6.07, 6.45) is 0.672. The number of esters is 1. The van der Waals surface area contributed by atoms with Crippen molar-refractivity contribution in [3.63, 3.8) is 0 Å². The topological polar surface area (TPSA) is 111 Å². The van der Waals surface area contributed by atoms with Crippen molar-refractivity contribution in [2.75, 3.05) is 25.5 Å². The molecule has 0 aliphatic heterocycles. The zero-order valence-corrected chi connectivity index (χ0v) is 16.8. The molecule has 10 heteroatoms. The third-order valence-corrected chi connectivity index (χ3v) is 4.12. The number of rotatable bonds is 8. The molecule has 1 aromatic heterocycles. The minimum atomic E-state index is -0.836. The Labute approximate surface area is 172 Å². The third-order valence-electron chi connectivity index (χ3n) is 3.79. The molecule has 0 fully saturated rings. The minimum absolute atomic E-state index is 0.0787. The predicted molar refractivity (Wildman–Crippen MR) is 107 cm³/mol. The van der Waals surface area contributed by atoms with Gasteiger partial charge in [0.1, 0.15) is 0 Å². The van der Waals surface area contributed by atoms with Crippen molar-refractivity contribution in [3.05, 3.63) is 57.5 Å². The first-order valence-electron chi connectivity index (χ1n) is 8.85. The van der Waals surface area contributed by atoms with Gasteiger partial charge in [-0.3, -0.25) is 14.4 Å². The number of likely N-dealkylation sites (N-methyl/N-ethyl adjacent to an activating group) is 1. The van der Waals surface area contributed by atoms with Crippen LogP contribution in [0.25, 0.3) is 0 Å². The molecule has 0 aliphatic carbocycles. The summed E-state index contributed by atoms with van der Waals surface area (Å²) in [5.41, 5.74) is 0.0217. The van der Waals surface area contributed by atoms with E-state index in [1.165, 1.54) is 19.2 Å². The zero-order chi connectivity index (χ0) is 21.4. The largest absolute Gasteiger partial charge is 0.451 e. The highest BCUT2D eigenvalue weighted by Gasteiger charge is 2.17. The van der Waals surface area contributed by atoms with Gasteiger partial charge in [-0.25, -0.2) is 9.48 Å². The molecule has 2 aromatic rings. The lowest BCUT2D eigenvalue weighted by Crippen LogP contribution is -2.37. The molecule has 0 radical (unpaired) electrons. The number of ether oxygens (including phenoxy) is 1. The van der Waals surface area contributed by atoms with Crippen LogP contribution in [0.3, 0.4) is 0 Å². The van der Waals surface area contributed by atoms with Crippen molar-refractivity contribution in [3.8, 4) is 0 Å². The fourth-order valence-corrected chi connectivity index (χ4v) is 2.48. The summed E-state index contributed by atoms with van der Waals surface area (Å²) in [5, 5.41) is 6.89. The number of amides is 2. The van der Waals surface area contributed by atoms with Crippen LogP contribution < -0.4 is 10.9 Å². The van der Waals surface area contributed by atoms with E-state index in [4.69, 9.17) is 16.3 Å². The van der Waals surface area contributed by atoms with Crippen molar-refractivity contribution in [1.82, 2.24) is 14.7 Å². The van der Waals surface area contributed by atoms with Crippen LogP contribution in [0.1, 0.15) is 23.8 Å². The highest BCUT2D eigenvalue weighted by atomic mass is 35.5. The van der Waals surface area contributed by atoms with Gasteiger partial charge >= 0.3 is 5.97 Å². The highest BCUT2D eigenvalue weighted by Crippen LogP contribution is 2.20. The number of aromatic nitrogens is 2. The summed E-state index contributed by atoms with van der Waals surface area (Å²) in [6.45, 7) is 1.42. The Kier molecular flexibility index (Phi) is 7.90. The molecule has 29 heavy (non-hydrogen) atoms. The Morgan fingerprint density at radius 1 is 1.21 bits per heavy atom. The molecule has 2 amide bonds. The first kappa shape index (κ1) is 22.1. The fourth-order valence-electron chi connectivity index (χ4n) is 2.30. The summed E-state index contributed by atoms with van der Waals surface area (Å²) in [5.74, 6) is -1.86. The van der Waals surface area contributed by atoms with E-state index in [2.05, 4.69) is 10.4 Å². The molecule has 0 aliphatic rings. The van der Waals surface area contributed by atoms with Crippen LogP contribution in [0.15, 0.2) is 41.2 Å². The summed E-state index contributed by atoms with van der Waals surface area (Å²) in [4.78, 5) is 49.0. The molecule has 9 nitrogen and oxygen atoms in total. The quantitative estimate of drug-likeness (QED) is 0.649. The van der Waals surface area contributed by atoms with E-state index in [1.807, 2.05) is 6.92 Å². The second kappa shape index (κ2) is 10.4. The van der Waals surface area contributed by atoms with Crippen LogP contribution in [-0.2, 0) is 20.9 Å². The number of nitrogens with one attached hydrogen (secondary N) is 1. The first-order valence-corrected chi connectivity index (χ1v) is 9.23. The number of nitrogens with zero attached hydrogens (tertiary/aromatic N) is 3. The molecule has 0 saturated carbocycles. The lowest BCUT2D eigenvalue weighted by atomic mass is 10.3. The predicted octanol–water partition coefficient (Wildman–Crippen LogP) is 1.56. The molecule has 0 saturated heterocycles. The van der Waals surface area contributed by atoms with Crippen LogP contribution in [0, 0.1) is 0 Å². The number of para-hydroxylation sites is 1. The van der Waals surface area contributed by atoms with Crippen molar-refractivity contribution in [1.29, 1.82) is 0 Å². The maximum atomic E-state index is 12.1. The van der Waals surface area contributed by atoms with E-state index in [1.54, 1.807) is 24.3 Å². The minimum Gasteiger partial charge on any atom is -0.451 e. The Morgan fingerprint density at radius 3 is 2.62 bits per heavy atom. The molecular formula is C19H21ClN4O5. The second-order valence-electron chi connectivity index (χ2n) is 6.13. The molecule has 1 N–H and O–H groups in total. The number of benzene rings is 1. The average Bonchev–Trinajstić information content (AvgIpc) is 2.69. The number of carbonyl (C=O) groups is 3. The molecule has 0 spiro atoms. The van der Waals surface area contributed by atoms with Crippen LogP contribution in [0.2, 0.25) is 5.02 Å². The molecule has 0 unspecified atom stereocenters. The van der Waals surface area contributed by atoms with Crippen molar-refractivity contribution >= 4 is 35.1 Å². The van der Waals surface area contributed by atoms with E-state index in [9.17, 15) is 19.2 Å². The molecule has 0 bridgehead atoms. The molecule has 1 heterocycles. The zero-order valence-electron chi connectivity index (χ0n) is 16.1. The number of hydrogen-bond donors (Lipinski definition) is 1. The number of hydrogen-bond acceptors (Lipinski definition) is 6. The maximum Gasteiger partial charge on any atom is 0.359 e. The van der Waals surface area contributed by atoms with Crippen LogP contribution >= 0.6 is 11.6 Å². The Morgan fingerprint density at radius 2 is 1.93 bits per heavy atom. The third kappa shape index (κ3) is 6.42. The van der Waals surface area contributed by atoms with Gasteiger partial charge in [0.25, 0.3) is 11.5 Å². The van der Waals surface area contributed by atoms with Gasteiger partial charge in [0, 0.05) is 19.7 Å². The summed E-state index contributed by atoms with van der Waals surface area (Å²) < 4.78 is 6.10. The van der Waals surface area contributed by atoms with Gasteiger partial charge in [-0.05, 0) is 24.6 Å². The maximum absolute atomic E-state index is 12.1. The summed E-state index contributed by atoms with van der Waals surface area (Å²) >= 11 is 5.97. The lowest BCUT2D eigenvalue weighted by Gasteiger charge is -2.17. The number of anilines is 1. The van der Waals surface area contributed by atoms with E-state index >= 15 is 0 Å². The Hall–Kier alpha value is -3.20. The van der Waals surface area contributed by atoms with Gasteiger partial charge in [0.15, 0.2) is 12.3 Å². The first-order chi connectivity index (χ1) is 13.8. The van der Waals surface area contributed by atoms with Crippen molar-refractivity contribution in [2.24, 2.45) is 0 Å². The van der Waals surface area contributed by atoms with Crippen molar-refractivity contribution in [2.45, 2.75) is 19.9 Å². The van der Waals surface area contributed by atoms with Crippen LogP contribution in [0.4, 0.5) is 5.69 Å². The number of carbonyl (C=O) groups excluding carboxylic acids is 3. The standard InChI is InChI=1S/C19H21ClN4O5/c1-3-10-24-17(26)9-8-15(22-24)19(28)29-12-18(27)23(2)11-16(25)21-14-7-5-4-6-13(14)20/h4-9H,3,10-12H2,1-2H3,(H,21,25). The second-order valence-corrected chi connectivity index (χ2v) is 6.54. The number of halogens is 1. The van der Waals surface area contributed by atoms with Crippen LogP contribution in [-0.4, -0.2) is 52.7 Å². The van der Waals surface area contributed by atoms with Gasteiger partial charge < -0.3 is 15.0 Å². The van der Waals surface area contributed by atoms with Crippen molar-refractivity contribution < 1.29 is 19.1 Å². The van der Waals surface area contributed by atoms with E-state index in [0.29, 0.717) is 23.7 Å². The lowest BCUT2D eigenvalue weighted by molar-refractivity contribution is -0.136. The summed E-state index contributed by atoms with van der Waals surface area (Å²) in [7, 11) is 1.40.